The van der Waals surface area contributed by atoms with Crippen LogP contribution in [0.4, 0.5) is 0 Å². The summed E-state index contributed by atoms with van der Waals surface area (Å²) in [5.74, 6) is -0.0977. The third-order valence-electron chi connectivity index (χ3n) is 3.32. The first kappa shape index (κ1) is 13.5. The molecule has 0 aromatic carbocycles. The summed E-state index contributed by atoms with van der Waals surface area (Å²) in [7, 11) is 1.45. The van der Waals surface area contributed by atoms with Crippen LogP contribution in [-0.4, -0.2) is 25.7 Å². The molecule has 0 saturated heterocycles. The predicted molar refractivity (Wildman–Crippen MR) is 65.4 cm³/mol. The molecule has 0 bridgehead atoms. The number of methoxy groups -OCH3 is 1. The molecule has 0 heterocycles. The quantitative estimate of drug-likeness (QED) is 0.579. The van der Waals surface area contributed by atoms with Gasteiger partial charge in [-0.1, -0.05) is 32.1 Å². The number of hydrogen-bond donors (Lipinski definition) is 1. The van der Waals surface area contributed by atoms with Gasteiger partial charge in [0.15, 0.2) is 0 Å². The molecule has 1 fully saturated rings. The van der Waals surface area contributed by atoms with Gasteiger partial charge < -0.3 is 10.1 Å². The Morgan fingerprint density at radius 2 is 1.81 bits per heavy atom. The maximum Gasteiger partial charge on any atom is 0.305 e. The highest BCUT2D eigenvalue weighted by Gasteiger charge is 2.10. The zero-order valence-corrected chi connectivity index (χ0v) is 10.5. The van der Waals surface area contributed by atoms with E-state index in [1.807, 2.05) is 0 Å². The van der Waals surface area contributed by atoms with Gasteiger partial charge in [0.2, 0.25) is 0 Å². The highest BCUT2D eigenvalue weighted by atomic mass is 16.5. The van der Waals surface area contributed by atoms with Gasteiger partial charge >= 0.3 is 5.97 Å². The first-order valence-corrected chi connectivity index (χ1v) is 6.63. The van der Waals surface area contributed by atoms with E-state index in [-0.39, 0.29) is 5.97 Å². The first-order chi connectivity index (χ1) is 7.83. The molecule has 16 heavy (non-hydrogen) atoms. The number of carbonyl (C=O) groups is 1. The molecular weight excluding hydrogens is 202 g/mol. The molecule has 0 unspecified atom stereocenters. The molecule has 94 valence electrons. The van der Waals surface area contributed by atoms with Crippen LogP contribution in [0.2, 0.25) is 0 Å². The van der Waals surface area contributed by atoms with E-state index in [9.17, 15) is 4.79 Å². The molecule has 1 aliphatic carbocycles. The van der Waals surface area contributed by atoms with Gasteiger partial charge in [-0.2, -0.15) is 0 Å². The Morgan fingerprint density at radius 3 is 2.44 bits per heavy atom. The third-order valence-corrected chi connectivity index (χ3v) is 3.32. The summed E-state index contributed by atoms with van der Waals surface area (Å²) >= 11 is 0. The molecule has 0 atom stereocenters. The van der Waals surface area contributed by atoms with Gasteiger partial charge in [-0.05, 0) is 25.8 Å². The van der Waals surface area contributed by atoms with Gasteiger partial charge in [0.25, 0.3) is 0 Å². The van der Waals surface area contributed by atoms with Crippen LogP contribution in [0.3, 0.4) is 0 Å². The smallest absolute Gasteiger partial charge is 0.305 e. The summed E-state index contributed by atoms with van der Waals surface area (Å²) in [6.07, 6.45) is 10.9. The summed E-state index contributed by atoms with van der Waals surface area (Å²) in [4.78, 5) is 10.9. The van der Waals surface area contributed by atoms with Gasteiger partial charge in [0.05, 0.1) is 7.11 Å². The van der Waals surface area contributed by atoms with Crippen LogP contribution in [0.1, 0.15) is 57.8 Å². The van der Waals surface area contributed by atoms with Crippen molar-refractivity contribution in [1.29, 1.82) is 0 Å². The Bertz CT molecular complexity index is 186. The normalized spacial score (nSPS) is 18.8. The molecule has 3 heteroatoms. The summed E-state index contributed by atoms with van der Waals surface area (Å²) in [6.45, 7) is 0.944. The van der Waals surface area contributed by atoms with E-state index in [0.29, 0.717) is 12.5 Å². The Balaban J connectivity index is 2.03. The third kappa shape index (κ3) is 6.11. The average molecular weight is 227 g/mol. The van der Waals surface area contributed by atoms with Crippen molar-refractivity contribution in [3.63, 3.8) is 0 Å². The van der Waals surface area contributed by atoms with Crippen molar-refractivity contribution >= 4 is 5.97 Å². The number of ether oxygens (including phenoxy) is 1. The van der Waals surface area contributed by atoms with Crippen molar-refractivity contribution in [3.8, 4) is 0 Å². The lowest BCUT2D eigenvalue weighted by Crippen LogP contribution is -2.30. The van der Waals surface area contributed by atoms with Crippen LogP contribution in [-0.2, 0) is 9.53 Å². The monoisotopic (exact) mass is 227 g/mol. The van der Waals surface area contributed by atoms with Gasteiger partial charge in [0.1, 0.15) is 0 Å². The van der Waals surface area contributed by atoms with Crippen LogP contribution in [0, 0.1) is 0 Å². The van der Waals surface area contributed by atoms with Gasteiger partial charge in [-0.3, -0.25) is 4.79 Å². The molecule has 0 aliphatic heterocycles. The zero-order valence-electron chi connectivity index (χ0n) is 10.5. The molecule has 1 N–H and O–H groups in total. The lowest BCUT2D eigenvalue weighted by molar-refractivity contribution is -0.140. The second-order valence-corrected chi connectivity index (χ2v) is 4.68. The van der Waals surface area contributed by atoms with Crippen molar-refractivity contribution in [3.05, 3.63) is 0 Å². The van der Waals surface area contributed by atoms with Crippen LogP contribution >= 0.6 is 0 Å². The highest BCUT2D eigenvalue weighted by molar-refractivity contribution is 5.69. The van der Waals surface area contributed by atoms with Gasteiger partial charge in [-0.15, -0.1) is 0 Å². The van der Waals surface area contributed by atoms with E-state index >= 15 is 0 Å². The number of nitrogens with one attached hydrogen (secondary N) is 1. The molecule has 1 aliphatic rings. The predicted octanol–water partition coefficient (Wildman–Crippen LogP) is 2.64. The van der Waals surface area contributed by atoms with Crippen LogP contribution < -0.4 is 5.32 Å². The molecule has 0 amide bonds. The maximum atomic E-state index is 10.9. The van der Waals surface area contributed by atoms with Gasteiger partial charge in [0, 0.05) is 12.5 Å². The minimum Gasteiger partial charge on any atom is -0.469 e. The van der Waals surface area contributed by atoms with Crippen molar-refractivity contribution in [1.82, 2.24) is 5.32 Å². The minimum atomic E-state index is -0.0977. The molecule has 0 aromatic rings. The topological polar surface area (TPSA) is 38.3 Å². The number of hydrogen-bond acceptors (Lipinski definition) is 3. The van der Waals surface area contributed by atoms with E-state index in [2.05, 4.69) is 10.1 Å². The van der Waals surface area contributed by atoms with Crippen molar-refractivity contribution < 1.29 is 9.53 Å². The number of rotatable bonds is 5. The highest BCUT2D eigenvalue weighted by Crippen LogP contribution is 2.16. The molecule has 0 aromatic heterocycles. The molecule has 0 radical (unpaired) electrons. The lowest BCUT2D eigenvalue weighted by atomic mass is 9.97. The Kier molecular flexibility index (Phi) is 7.23. The van der Waals surface area contributed by atoms with Crippen LogP contribution in [0.25, 0.3) is 0 Å². The van der Waals surface area contributed by atoms with E-state index < -0.39 is 0 Å². The standard InChI is InChI=1S/C13H25NO2/c1-16-13(15)10-7-11-14-12-8-5-3-2-4-6-9-12/h12,14H,2-11H2,1H3. The molecule has 0 spiro atoms. The summed E-state index contributed by atoms with van der Waals surface area (Å²) in [6, 6.07) is 0.679. The van der Waals surface area contributed by atoms with Crippen molar-refractivity contribution in [2.45, 2.75) is 63.8 Å². The van der Waals surface area contributed by atoms with Crippen LogP contribution in [0.5, 0.6) is 0 Å². The van der Waals surface area contributed by atoms with Crippen molar-refractivity contribution in [2.75, 3.05) is 13.7 Å². The second-order valence-electron chi connectivity index (χ2n) is 4.68. The zero-order chi connectivity index (χ0) is 11.6. The Labute approximate surface area is 98.9 Å². The largest absolute Gasteiger partial charge is 0.469 e. The Morgan fingerprint density at radius 1 is 1.19 bits per heavy atom. The van der Waals surface area contributed by atoms with E-state index in [4.69, 9.17) is 0 Å². The molecule has 1 rings (SSSR count). The number of carbonyl (C=O) groups excluding carboxylic acids is 1. The summed E-state index contributed by atoms with van der Waals surface area (Å²) < 4.78 is 4.61. The van der Waals surface area contributed by atoms with Crippen molar-refractivity contribution in [2.24, 2.45) is 0 Å². The number of esters is 1. The van der Waals surface area contributed by atoms with E-state index in [1.54, 1.807) is 0 Å². The minimum absolute atomic E-state index is 0.0977. The van der Waals surface area contributed by atoms with Crippen LogP contribution in [0.15, 0.2) is 0 Å². The Hall–Kier alpha value is -0.570. The lowest BCUT2D eigenvalue weighted by Gasteiger charge is -2.20. The summed E-state index contributed by atoms with van der Waals surface area (Å²) in [5.41, 5.74) is 0. The summed E-state index contributed by atoms with van der Waals surface area (Å²) in [5, 5.41) is 3.56. The second kappa shape index (κ2) is 8.57. The molecule has 3 nitrogen and oxygen atoms in total. The SMILES string of the molecule is COC(=O)CCCNC1CCCCCCC1. The fourth-order valence-electron chi connectivity index (χ4n) is 2.30. The first-order valence-electron chi connectivity index (χ1n) is 6.63. The molecule has 1 saturated carbocycles. The fourth-order valence-corrected chi connectivity index (χ4v) is 2.30. The van der Waals surface area contributed by atoms with E-state index in [1.165, 1.54) is 52.1 Å². The van der Waals surface area contributed by atoms with E-state index in [0.717, 1.165) is 13.0 Å². The average Bonchev–Trinajstić information content (AvgIpc) is 2.26. The maximum absolute atomic E-state index is 10.9. The molecular formula is C13H25NO2. The van der Waals surface area contributed by atoms with Gasteiger partial charge in [-0.25, -0.2) is 0 Å². The fraction of sp³-hybridized carbons (Fsp3) is 0.923.